The van der Waals surface area contributed by atoms with Crippen LogP contribution in [0.4, 0.5) is 5.69 Å². The molecule has 5 nitrogen and oxygen atoms in total. The Morgan fingerprint density at radius 1 is 1.33 bits per heavy atom. The number of carbonyl (C=O) groups is 1. The largest absolute Gasteiger partial charge is 0.490 e. The molecule has 0 bridgehead atoms. The summed E-state index contributed by atoms with van der Waals surface area (Å²) < 4.78 is 5.61. The Morgan fingerprint density at radius 3 is 2.67 bits per heavy atom. The van der Waals surface area contributed by atoms with Gasteiger partial charge in [-0.15, -0.1) is 0 Å². The number of carbonyl (C=O) groups excluding carboxylic acids is 1. The summed E-state index contributed by atoms with van der Waals surface area (Å²) in [5.74, 6) is 0.129. The molecule has 1 aromatic rings. The van der Waals surface area contributed by atoms with Gasteiger partial charge in [0.25, 0.3) is 0 Å². The number of likely N-dealkylation sites (tertiary alicyclic amines) is 1. The molecule has 0 aliphatic carbocycles. The van der Waals surface area contributed by atoms with Crippen LogP contribution in [0.2, 0.25) is 0 Å². The SMILES string of the molecule is NC(=O)c1ccc(OCCN2CCCC2)c(N)c1. The predicted molar refractivity (Wildman–Crippen MR) is 70.5 cm³/mol. The third kappa shape index (κ3) is 3.13. The molecule has 0 radical (unpaired) electrons. The smallest absolute Gasteiger partial charge is 0.248 e. The maximum atomic E-state index is 11.0. The van der Waals surface area contributed by atoms with Gasteiger partial charge in [0.15, 0.2) is 0 Å². The number of hydrogen-bond acceptors (Lipinski definition) is 4. The van der Waals surface area contributed by atoms with E-state index in [0.717, 1.165) is 19.6 Å². The fourth-order valence-electron chi connectivity index (χ4n) is 2.12. The van der Waals surface area contributed by atoms with E-state index in [-0.39, 0.29) is 0 Å². The predicted octanol–water partition coefficient (Wildman–Crippen LogP) is 0.842. The molecule has 98 valence electrons. The molecule has 4 N–H and O–H groups in total. The molecule has 1 amide bonds. The summed E-state index contributed by atoms with van der Waals surface area (Å²) in [5, 5.41) is 0. The van der Waals surface area contributed by atoms with Gasteiger partial charge in [-0.2, -0.15) is 0 Å². The second-order valence-electron chi connectivity index (χ2n) is 4.51. The third-order valence-electron chi connectivity index (χ3n) is 3.16. The van der Waals surface area contributed by atoms with Crippen molar-refractivity contribution in [2.45, 2.75) is 12.8 Å². The lowest BCUT2D eigenvalue weighted by molar-refractivity contribution is 0.100. The van der Waals surface area contributed by atoms with Gasteiger partial charge in [-0.25, -0.2) is 0 Å². The van der Waals surface area contributed by atoms with Crippen LogP contribution in [0.1, 0.15) is 23.2 Å². The Balaban J connectivity index is 1.87. The lowest BCUT2D eigenvalue weighted by Gasteiger charge is -2.15. The van der Waals surface area contributed by atoms with Crippen LogP contribution in [0.25, 0.3) is 0 Å². The molecular weight excluding hydrogens is 230 g/mol. The van der Waals surface area contributed by atoms with Crippen LogP contribution in [0, 0.1) is 0 Å². The molecular formula is C13H19N3O2. The van der Waals surface area contributed by atoms with Crippen LogP contribution >= 0.6 is 0 Å². The topological polar surface area (TPSA) is 81.6 Å². The summed E-state index contributed by atoms with van der Waals surface area (Å²) in [6.45, 7) is 3.83. The molecule has 1 aromatic carbocycles. The summed E-state index contributed by atoms with van der Waals surface area (Å²) in [7, 11) is 0. The number of nitrogens with zero attached hydrogens (tertiary/aromatic N) is 1. The number of primary amides is 1. The summed E-state index contributed by atoms with van der Waals surface area (Å²) in [6, 6.07) is 4.87. The van der Waals surface area contributed by atoms with Crippen LogP contribution in [-0.2, 0) is 0 Å². The molecule has 5 heteroatoms. The van der Waals surface area contributed by atoms with E-state index < -0.39 is 5.91 Å². The zero-order valence-corrected chi connectivity index (χ0v) is 10.4. The molecule has 1 saturated heterocycles. The fourth-order valence-corrected chi connectivity index (χ4v) is 2.12. The molecule has 1 aliphatic rings. The van der Waals surface area contributed by atoms with Crippen molar-refractivity contribution in [1.82, 2.24) is 4.90 Å². The highest BCUT2D eigenvalue weighted by atomic mass is 16.5. The van der Waals surface area contributed by atoms with E-state index in [1.54, 1.807) is 18.2 Å². The van der Waals surface area contributed by atoms with E-state index in [9.17, 15) is 4.79 Å². The molecule has 0 aromatic heterocycles. The quantitative estimate of drug-likeness (QED) is 0.758. The number of ether oxygens (including phenoxy) is 1. The van der Waals surface area contributed by atoms with Crippen molar-refractivity contribution in [1.29, 1.82) is 0 Å². The molecule has 2 rings (SSSR count). The van der Waals surface area contributed by atoms with Crippen molar-refractivity contribution < 1.29 is 9.53 Å². The van der Waals surface area contributed by atoms with E-state index in [4.69, 9.17) is 16.2 Å². The minimum atomic E-state index is -0.481. The Morgan fingerprint density at radius 2 is 2.06 bits per heavy atom. The standard InChI is InChI=1S/C13H19N3O2/c14-11-9-10(13(15)17)3-4-12(11)18-8-7-16-5-1-2-6-16/h3-4,9H,1-2,5-8,14H2,(H2,15,17). The number of benzene rings is 1. The van der Waals surface area contributed by atoms with Crippen molar-refractivity contribution in [2.75, 3.05) is 32.0 Å². The van der Waals surface area contributed by atoms with Gasteiger partial charge in [-0.1, -0.05) is 0 Å². The van der Waals surface area contributed by atoms with E-state index >= 15 is 0 Å². The summed E-state index contributed by atoms with van der Waals surface area (Å²) in [4.78, 5) is 13.3. The zero-order chi connectivity index (χ0) is 13.0. The lowest BCUT2D eigenvalue weighted by Crippen LogP contribution is -2.25. The van der Waals surface area contributed by atoms with Gasteiger partial charge < -0.3 is 16.2 Å². The van der Waals surface area contributed by atoms with Gasteiger partial charge in [-0.05, 0) is 44.1 Å². The van der Waals surface area contributed by atoms with Crippen molar-refractivity contribution in [2.24, 2.45) is 5.73 Å². The normalized spacial score (nSPS) is 15.8. The third-order valence-corrected chi connectivity index (χ3v) is 3.16. The van der Waals surface area contributed by atoms with E-state index in [1.807, 2.05) is 0 Å². The minimum absolute atomic E-state index is 0.402. The Hall–Kier alpha value is -1.75. The lowest BCUT2D eigenvalue weighted by atomic mass is 10.2. The first-order valence-electron chi connectivity index (χ1n) is 6.21. The molecule has 1 aliphatic heterocycles. The summed E-state index contributed by atoms with van der Waals surface area (Å²) in [6.07, 6.45) is 2.55. The molecule has 1 heterocycles. The van der Waals surface area contributed by atoms with Crippen molar-refractivity contribution >= 4 is 11.6 Å². The minimum Gasteiger partial charge on any atom is -0.490 e. The second kappa shape index (κ2) is 5.73. The molecule has 1 fully saturated rings. The van der Waals surface area contributed by atoms with Crippen molar-refractivity contribution in [3.8, 4) is 5.75 Å². The van der Waals surface area contributed by atoms with Crippen LogP contribution < -0.4 is 16.2 Å². The Bertz CT molecular complexity index is 428. The molecule has 0 unspecified atom stereocenters. The zero-order valence-electron chi connectivity index (χ0n) is 10.4. The number of anilines is 1. The first kappa shape index (κ1) is 12.7. The van der Waals surface area contributed by atoms with Gasteiger partial charge in [0.05, 0.1) is 5.69 Å². The van der Waals surface area contributed by atoms with Crippen LogP contribution in [-0.4, -0.2) is 37.0 Å². The number of rotatable bonds is 5. The molecule has 0 atom stereocenters. The van der Waals surface area contributed by atoms with Crippen LogP contribution in [0.3, 0.4) is 0 Å². The molecule has 0 spiro atoms. The van der Waals surface area contributed by atoms with Gasteiger partial charge in [-0.3, -0.25) is 9.69 Å². The Kier molecular flexibility index (Phi) is 4.04. The van der Waals surface area contributed by atoms with Crippen molar-refractivity contribution in [3.05, 3.63) is 23.8 Å². The first-order chi connectivity index (χ1) is 8.66. The number of amides is 1. The summed E-state index contributed by atoms with van der Waals surface area (Å²) in [5.41, 5.74) is 11.8. The van der Waals surface area contributed by atoms with Gasteiger partial charge in [0, 0.05) is 12.1 Å². The van der Waals surface area contributed by atoms with Gasteiger partial charge in [0.1, 0.15) is 12.4 Å². The van der Waals surface area contributed by atoms with Gasteiger partial charge >= 0.3 is 0 Å². The van der Waals surface area contributed by atoms with Crippen LogP contribution in [0.5, 0.6) is 5.75 Å². The monoisotopic (exact) mass is 249 g/mol. The van der Waals surface area contributed by atoms with E-state index in [2.05, 4.69) is 4.90 Å². The van der Waals surface area contributed by atoms with Gasteiger partial charge in [0.2, 0.25) is 5.91 Å². The number of hydrogen-bond donors (Lipinski definition) is 2. The average Bonchev–Trinajstić information content (AvgIpc) is 2.84. The first-order valence-corrected chi connectivity index (χ1v) is 6.21. The van der Waals surface area contributed by atoms with E-state index in [1.165, 1.54) is 12.8 Å². The average molecular weight is 249 g/mol. The van der Waals surface area contributed by atoms with Crippen LogP contribution in [0.15, 0.2) is 18.2 Å². The molecule has 0 saturated carbocycles. The molecule has 18 heavy (non-hydrogen) atoms. The highest BCUT2D eigenvalue weighted by Crippen LogP contribution is 2.22. The van der Waals surface area contributed by atoms with E-state index in [0.29, 0.717) is 23.6 Å². The Labute approximate surface area is 107 Å². The summed E-state index contributed by atoms with van der Waals surface area (Å²) >= 11 is 0. The second-order valence-corrected chi connectivity index (χ2v) is 4.51. The number of nitrogens with two attached hydrogens (primary N) is 2. The number of nitrogen functional groups attached to an aromatic ring is 1. The fraction of sp³-hybridized carbons (Fsp3) is 0.462. The van der Waals surface area contributed by atoms with Crippen molar-refractivity contribution in [3.63, 3.8) is 0 Å². The highest BCUT2D eigenvalue weighted by molar-refractivity contribution is 5.94. The highest BCUT2D eigenvalue weighted by Gasteiger charge is 2.11. The maximum Gasteiger partial charge on any atom is 0.248 e. The maximum absolute atomic E-state index is 11.0.